The molecular formula is C79H78N4O. The van der Waals surface area contributed by atoms with Gasteiger partial charge < -0.3 is 14.5 Å². The van der Waals surface area contributed by atoms with Crippen molar-refractivity contribution in [3.8, 4) is 39.6 Å². The number of aromatic nitrogens is 2. The van der Waals surface area contributed by atoms with E-state index in [2.05, 4.69) is 334 Å². The fourth-order valence-corrected chi connectivity index (χ4v) is 12.6. The summed E-state index contributed by atoms with van der Waals surface area (Å²) < 4.78 is 9.67. The summed E-state index contributed by atoms with van der Waals surface area (Å²) in [6.45, 7) is 28.7. The quantitative estimate of drug-likeness (QED) is 0.115. The molecule has 3 heterocycles. The van der Waals surface area contributed by atoms with Gasteiger partial charge in [-0.15, -0.1) is 0 Å². The second-order valence-corrected chi connectivity index (χ2v) is 26.6. The summed E-state index contributed by atoms with van der Waals surface area (Å²) in [5.74, 6) is 2.38. The molecule has 1 aliphatic heterocycles. The van der Waals surface area contributed by atoms with E-state index in [9.17, 15) is 0 Å². The first-order valence-corrected chi connectivity index (χ1v) is 29.8. The van der Waals surface area contributed by atoms with Gasteiger partial charge in [-0.05, 0) is 127 Å². The molecule has 0 spiro atoms. The third-order valence-corrected chi connectivity index (χ3v) is 17.8. The van der Waals surface area contributed by atoms with E-state index in [1.165, 1.54) is 67.0 Å². The smallest absolute Gasteiger partial charge is 0.137 e. The normalized spacial score (nSPS) is 13.6. The first-order valence-electron chi connectivity index (χ1n) is 29.8. The van der Waals surface area contributed by atoms with Crippen molar-refractivity contribution in [2.75, 3.05) is 16.5 Å². The van der Waals surface area contributed by atoms with Crippen LogP contribution in [-0.2, 0) is 27.1 Å². The van der Waals surface area contributed by atoms with Gasteiger partial charge in [-0.1, -0.05) is 247 Å². The van der Waals surface area contributed by atoms with Crippen LogP contribution in [0.2, 0.25) is 0 Å². The molecule has 5 heteroatoms. The van der Waals surface area contributed by atoms with Gasteiger partial charge in [-0.25, -0.2) is 4.98 Å². The third kappa shape index (κ3) is 10.4. The molecule has 0 bridgehead atoms. The molecule has 0 unspecified atom stereocenters. The molecule has 12 rings (SSSR count). The summed E-state index contributed by atoms with van der Waals surface area (Å²) in [4.78, 5) is 10.4. The van der Waals surface area contributed by atoms with Crippen LogP contribution in [0.3, 0.4) is 0 Å². The van der Waals surface area contributed by atoms with Crippen LogP contribution in [0.25, 0.3) is 49.9 Å². The van der Waals surface area contributed by atoms with E-state index in [1.807, 2.05) is 6.20 Å². The highest BCUT2D eigenvalue weighted by atomic mass is 16.5. The van der Waals surface area contributed by atoms with Crippen LogP contribution in [-0.4, -0.2) is 16.2 Å². The van der Waals surface area contributed by atoms with Crippen molar-refractivity contribution in [2.45, 2.75) is 110 Å². The Morgan fingerprint density at radius 3 is 1.36 bits per heavy atom. The zero-order chi connectivity index (χ0) is 58.8. The number of fused-ring (bicyclic) bond motifs is 3. The Bertz CT molecular complexity index is 4220. The molecule has 0 fully saturated rings. The number of benzene rings is 9. The number of rotatable bonds is 13. The van der Waals surface area contributed by atoms with E-state index in [0.717, 1.165) is 50.5 Å². The van der Waals surface area contributed by atoms with E-state index in [4.69, 9.17) is 9.72 Å². The SMILES string of the molecule is CC(C)(C)c1cc(Oc2ccc3c4cc(-c5ccccc5)ccc4n(-c4cc(C(C)(C)c5ccccc5)ccn4)c3c2)cc(N2CN(c3cc(-c4ccccc4)cc(C(C)(C)C)c3)C(C(C)(C)c3ccccc3)=C2C(C)(C)c2ccccc2)c1. The third-order valence-electron chi connectivity index (χ3n) is 17.8. The van der Waals surface area contributed by atoms with Crippen molar-refractivity contribution >= 4 is 33.2 Å². The first-order chi connectivity index (χ1) is 40.2. The molecule has 420 valence electrons. The van der Waals surface area contributed by atoms with Crippen molar-refractivity contribution in [1.29, 1.82) is 0 Å². The number of hydrogen-bond donors (Lipinski definition) is 0. The zero-order valence-electron chi connectivity index (χ0n) is 51.0. The molecule has 0 saturated heterocycles. The monoisotopic (exact) mass is 1100 g/mol. The van der Waals surface area contributed by atoms with Gasteiger partial charge in [-0.2, -0.15) is 0 Å². The van der Waals surface area contributed by atoms with Crippen LogP contribution in [0.1, 0.15) is 116 Å². The van der Waals surface area contributed by atoms with Gasteiger partial charge in [0, 0.05) is 56.7 Å². The van der Waals surface area contributed by atoms with Crippen molar-refractivity contribution < 1.29 is 4.74 Å². The van der Waals surface area contributed by atoms with E-state index in [1.54, 1.807) is 0 Å². The van der Waals surface area contributed by atoms with Gasteiger partial charge in [-0.3, -0.25) is 4.57 Å². The Labute approximate surface area is 498 Å². The average molecular weight is 1100 g/mol. The van der Waals surface area contributed by atoms with Gasteiger partial charge in [0.05, 0.1) is 29.1 Å². The van der Waals surface area contributed by atoms with E-state index >= 15 is 0 Å². The Balaban J connectivity index is 1.05. The molecule has 0 N–H and O–H groups in total. The molecule has 5 nitrogen and oxygen atoms in total. The van der Waals surface area contributed by atoms with E-state index in [-0.39, 0.29) is 16.2 Å². The number of hydrogen-bond acceptors (Lipinski definition) is 4. The number of allylic oxidation sites excluding steroid dienone is 2. The summed E-state index contributed by atoms with van der Waals surface area (Å²) in [6, 6.07) is 86.4. The number of nitrogens with zero attached hydrogens (tertiary/aromatic N) is 4. The van der Waals surface area contributed by atoms with Crippen molar-refractivity contribution in [1.82, 2.24) is 9.55 Å². The Kier molecular flexibility index (Phi) is 14.1. The number of anilines is 2. The molecule has 0 saturated carbocycles. The van der Waals surface area contributed by atoms with Crippen LogP contribution in [0, 0.1) is 0 Å². The molecule has 0 radical (unpaired) electrons. The lowest BCUT2D eigenvalue weighted by Crippen LogP contribution is -2.35. The second-order valence-electron chi connectivity index (χ2n) is 26.6. The topological polar surface area (TPSA) is 33.5 Å². The first kappa shape index (κ1) is 55.6. The molecule has 1 aliphatic rings. The molecular weight excluding hydrogens is 1020 g/mol. The van der Waals surface area contributed by atoms with Gasteiger partial charge >= 0.3 is 0 Å². The molecule has 84 heavy (non-hydrogen) atoms. The van der Waals surface area contributed by atoms with Gasteiger partial charge in [0.25, 0.3) is 0 Å². The lowest BCUT2D eigenvalue weighted by atomic mass is 9.73. The highest BCUT2D eigenvalue weighted by Gasteiger charge is 2.47. The van der Waals surface area contributed by atoms with Gasteiger partial charge in [0.2, 0.25) is 0 Å². The molecule has 9 aromatic carbocycles. The van der Waals surface area contributed by atoms with Crippen LogP contribution in [0.15, 0.2) is 254 Å². The predicted octanol–water partition coefficient (Wildman–Crippen LogP) is 20.7. The molecule has 0 atom stereocenters. The van der Waals surface area contributed by atoms with Crippen LogP contribution < -0.4 is 14.5 Å². The standard InChI is InChI=1S/C79H78N4O/c1-75(2,3)62-44-57(55-30-20-14-21-31-55)45-64(47-62)81-53-82(74(79(11,12)60-36-26-17-27-37-60)73(81)78(9,10)59-34-24-16-25-35-59)65-48-63(76(4,5)6)49-67(51-65)84-66-39-40-68-69-46-56(54-28-18-13-19-29-54)38-41-70(69)83(71(68)52-66)72-50-61(42-43-80-72)77(7,8)58-32-22-15-23-33-58/h13-52H,53H2,1-12H3. The summed E-state index contributed by atoms with van der Waals surface area (Å²) in [6.07, 6.45) is 1.96. The fourth-order valence-electron chi connectivity index (χ4n) is 12.6. The minimum absolute atomic E-state index is 0.112. The lowest BCUT2D eigenvalue weighted by molar-refractivity contribution is 0.479. The van der Waals surface area contributed by atoms with Crippen LogP contribution in [0.5, 0.6) is 11.5 Å². The second kappa shape index (κ2) is 21.4. The summed E-state index contributed by atoms with van der Waals surface area (Å²) in [5, 5.41) is 2.28. The zero-order valence-corrected chi connectivity index (χ0v) is 51.0. The number of pyridine rings is 1. The summed E-state index contributed by atoms with van der Waals surface area (Å²) in [7, 11) is 0. The highest BCUT2D eigenvalue weighted by molar-refractivity contribution is 6.10. The maximum absolute atomic E-state index is 7.35. The Hall–Kier alpha value is -8.93. The van der Waals surface area contributed by atoms with E-state index in [0.29, 0.717) is 6.67 Å². The maximum atomic E-state index is 7.35. The molecule has 2 aromatic heterocycles. The largest absolute Gasteiger partial charge is 0.457 e. The predicted molar refractivity (Wildman–Crippen MR) is 354 cm³/mol. The number of ether oxygens (including phenoxy) is 1. The maximum Gasteiger partial charge on any atom is 0.137 e. The summed E-state index contributed by atoms with van der Waals surface area (Å²) in [5.41, 5.74) is 17.5. The van der Waals surface area contributed by atoms with Gasteiger partial charge in [0.1, 0.15) is 17.3 Å². The van der Waals surface area contributed by atoms with Crippen molar-refractivity contribution in [3.05, 3.63) is 288 Å². The average Bonchev–Trinajstić information content (AvgIpc) is 2.03. The van der Waals surface area contributed by atoms with Crippen LogP contribution >= 0.6 is 0 Å². The van der Waals surface area contributed by atoms with Crippen molar-refractivity contribution in [2.24, 2.45) is 0 Å². The lowest BCUT2D eigenvalue weighted by Gasteiger charge is -2.38. The molecule has 11 aromatic rings. The molecule has 0 amide bonds. The Morgan fingerprint density at radius 2 is 0.821 bits per heavy atom. The fraction of sp³-hybridized carbons (Fsp3) is 0.228. The van der Waals surface area contributed by atoms with Gasteiger partial charge in [0.15, 0.2) is 0 Å². The minimum Gasteiger partial charge on any atom is -0.457 e. The highest BCUT2D eigenvalue weighted by Crippen LogP contribution is 2.52. The molecule has 0 aliphatic carbocycles. The van der Waals surface area contributed by atoms with E-state index < -0.39 is 10.8 Å². The van der Waals surface area contributed by atoms with Crippen molar-refractivity contribution in [3.63, 3.8) is 0 Å². The Morgan fingerprint density at radius 1 is 0.333 bits per heavy atom. The minimum atomic E-state index is -0.472. The van der Waals surface area contributed by atoms with Crippen LogP contribution in [0.4, 0.5) is 11.4 Å². The summed E-state index contributed by atoms with van der Waals surface area (Å²) >= 11 is 0.